The number of likely N-dealkylation sites (N-methyl/N-ethyl adjacent to an activating group) is 1. The maximum atomic E-state index is 13.4. The van der Waals surface area contributed by atoms with Gasteiger partial charge in [-0.25, -0.2) is 8.42 Å². The van der Waals surface area contributed by atoms with Gasteiger partial charge in [-0.05, 0) is 37.1 Å². The van der Waals surface area contributed by atoms with Crippen LogP contribution in [0, 0.1) is 29.8 Å². The van der Waals surface area contributed by atoms with Gasteiger partial charge in [-0.1, -0.05) is 18.2 Å². The molecule has 2 aromatic carbocycles. The summed E-state index contributed by atoms with van der Waals surface area (Å²) in [5, 5.41) is 13.5. The first kappa shape index (κ1) is 20.5. The zero-order chi connectivity index (χ0) is 20.4. The van der Waals surface area contributed by atoms with Gasteiger partial charge in [0.2, 0.25) is 21.7 Å². The van der Waals surface area contributed by atoms with Crippen LogP contribution in [-0.2, 0) is 14.8 Å². The Hall–Kier alpha value is -2.85. The second kappa shape index (κ2) is 7.80. The van der Waals surface area contributed by atoms with Crippen LogP contribution in [0.2, 0.25) is 0 Å². The molecule has 10 heteroatoms. The van der Waals surface area contributed by atoms with Gasteiger partial charge in [0.15, 0.2) is 0 Å². The smallest absolute Gasteiger partial charge is 0.306 e. The van der Waals surface area contributed by atoms with Gasteiger partial charge in [-0.15, -0.1) is 0 Å². The third kappa shape index (κ3) is 4.47. The van der Waals surface area contributed by atoms with Crippen molar-refractivity contribution < 1.29 is 22.5 Å². The Balaban J connectivity index is 2.21. The van der Waals surface area contributed by atoms with Gasteiger partial charge in [0.1, 0.15) is 0 Å². The van der Waals surface area contributed by atoms with Crippen LogP contribution in [0.5, 0.6) is 0 Å². The molecule has 0 fully saturated rings. The van der Waals surface area contributed by atoms with Gasteiger partial charge in [0, 0.05) is 18.8 Å². The number of carbonyl (C=O) groups excluding carboxylic acids is 1. The van der Waals surface area contributed by atoms with E-state index in [1.54, 1.807) is 26.0 Å². The fourth-order valence-corrected chi connectivity index (χ4v) is 3.60. The number of nitro groups is 1. The largest absolute Gasteiger partial charge is 0.324 e. The van der Waals surface area contributed by atoms with Crippen LogP contribution in [0.1, 0.15) is 11.1 Å². The minimum absolute atomic E-state index is 0.474. The molecule has 0 saturated heterocycles. The normalized spacial score (nSPS) is 11.4. The molecule has 0 unspecified atom stereocenters. The predicted molar refractivity (Wildman–Crippen MR) is 97.4 cm³/mol. The number of hydrogen-bond donors (Lipinski definition) is 1. The third-order valence-electron chi connectivity index (χ3n) is 3.93. The van der Waals surface area contributed by atoms with Crippen molar-refractivity contribution >= 4 is 27.3 Å². The summed E-state index contributed by atoms with van der Waals surface area (Å²) in [6.45, 7) is 3.10. The predicted octanol–water partition coefficient (Wildman–Crippen LogP) is 2.61. The molecule has 0 heterocycles. The first-order valence-corrected chi connectivity index (χ1v) is 9.24. The van der Waals surface area contributed by atoms with Crippen molar-refractivity contribution in [1.29, 1.82) is 0 Å². The summed E-state index contributed by atoms with van der Waals surface area (Å²) < 4.78 is 39.2. The van der Waals surface area contributed by atoms with Crippen LogP contribution < -0.4 is 5.32 Å². The molecule has 0 aliphatic rings. The number of rotatable bonds is 6. The number of nitrogens with one attached hydrogen (secondary N) is 1. The highest BCUT2D eigenvalue weighted by atomic mass is 32.2. The van der Waals surface area contributed by atoms with Gasteiger partial charge < -0.3 is 5.32 Å². The molecule has 0 aromatic heterocycles. The number of halogens is 1. The summed E-state index contributed by atoms with van der Waals surface area (Å²) in [4.78, 5) is 21.6. The van der Waals surface area contributed by atoms with Gasteiger partial charge >= 0.3 is 5.69 Å². The van der Waals surface area contributed by atoms with E-state index in [4.69, 9.17) is 0 Å². The van der Waals surface area contributed by atoms with Crippen LogP contribution >= 0.6 is 0 Å². The van der Waals surface area contributed by atoms with Crippen molar-refractivity contribution in [3.8, 4) is 0 Å². The number of nitro benzene ring substituents is 1. The Morgan fingerprint density at radius 2 is 1.81 bits per heavy atom. The molecule has 0 aliphatic carbocycles. The maximum absolute atomic E-state index is 13.4. The van der Waals surface area contributed by atoms with E-state index in [1.807, 2.05) is 6.07 Å². The van der Waals surface area contributed by atoms with E-state index < -0.39 is 43.8 Å². The summed E-state index contributed by atoms with van der Waals surface area (Å²) >= 11 is 0. The molecule has 8 nitrogen and oxygen atoms in total. The van der Waals surface area contributed by atoms with Crippen LogP contribution in [0.3, 0.4) is 0 Å². The number of nitrogens with zero attached hydrogens (tertiary/aromatic N) is 2. The second-order valence-electron chi connectivity index (χ2n) is 5.95. The Morgan fingerprint density at radius 3 is 2.37 bits per heavy atom. The minimum Gasteiger partial charge on any atom is -0.324 e. The maximum Gasteiger partial charge on any atom is 0.306 e. The van der Waals surface area contributed by atoms with E-state index in [0.29, 0.717) is 17.8 Å². The SMILES string of the molecule is Cc1cccc(C)c1NC(=O)CN(C)S(=O)(=O)c1ccc(F)c([N+](=O)[O-])c1. The first-order valence-electron chi connectivity index (χ1n) is 7.80. The minimum atomic E-state index is -4.22. The highest BCUT2D eigenvalue weighted by Gasteiger charge is 2.26. The lowest BCUT2D eigenvalue weighted by Crippen LogP contribution is -2.35. The molecule has 0 aliphatic heterocycles. The van der Waals surface area contributed by atoms with Crippen molar-refractivity contribution in [2.75, 3.05) is 18.9 Å². The Labute approximate surface area is 155 Å². The molecule has 27 heavy (non-hydrogen) atoms. The topological polar surface area (TPSA) is 110 Å². The van der Waals surface area contributed by atoms with Crippen molar-refractivity contribution in [3.63, 3.8) is 0 Å². The van der Waals surface area contributed by atoms with E-state index in [0.717, 1.165) is 28.5 Å². The molecule has 144 valence electrons. The van der Waals surface area contributed by atoms with E-state index >= 15 is 0 Å². The van der Waals surface area contributed by atoms with Crippen molar-refractivity contribution in [2.24, 2.45) is 0 Å². The average molecular weight is 395 g/mol. The van der Waals surface area contributed by atoms with E-state index in [2.05, 4.69) is 5.32 Å². The third-order valence-corrected chi connectivity index (χ3v) is 5.73. The van der Waals surface area contributed by atoms with Crippen LogP contribution in [0.25, 0.3) is 0 Å². The number of amides is 1. The van der Waals surface area contributed by atoms with Gasteiger partial charge in [-0.2, -0.15) is 8.70 Å². The lowest BCUT2D eigenvalue weighted by atomic mass is 10.1. The molecule has 2 aromatic rings. The summed E-state index contributed by atoms with van der Waals surface area (Å²) in [5.41, 5.74) is 1.28. The van der Waals surface area contributed by atoms with Crippen molar-refractivity contribution in [3.05, 3.63) is 63.5 Å². The number of aryl methyl sites for hydroxylation is 2. The zero-order valence-electron chi connectivity index (χ0n) is 14.9. The molecule has 0 bridgehead atoms. The van der Waals surface area contributed by atoms with Gasteiger partial charge in [0.25, 0.3) is 0 Å². The first-order chi connectivity index (χ1) is 12.5. The fourth-order valence-electron chi connectivity index (χ4n) is 2.45. The highest BCUT2D eigenvalue weighted by Crippen LogP contribution is 2.24. The molecule has 0 radical (unpaired) electrons. The van der Waals surface area contributed by atoms with E-state index in [-0.39, 0.29) is 0 Å². The summed E-state index contributed by atoms with van der Waals surface area (Å²) in [6, 6.07) is 7.69. The Morgan fingerprint density at radius 1 is 1.22 bits per heavy atom. The monoisotopic (exact) mass is 395 g/mol. The van der Waals surface area contributed by atoms with Gasteiger partial charge in [-0.3, -0.25) is 14.9 Å². The number of hydrogen-bond acceptors (Lipinski definition) is 5. The highest BCUT2D eigenvalue weighted by molar-refractivity contribution is 7.89. The van der Waals surface area contributed by atoms with E-state index in [1.165, 1.54) is 0 Å². The average Bonchev–Trinajstić information content (AvgIpc) is 2.58. The molecular weight excluding hydrogens is 377 g/mol. The summed E-state index contributed by atoms with van der Waals surface area (Å²) in [5.74, 6) is -1.72. The lowest BCUT2D eigenvalue weighted by molar-refractivity contribution is -0.387. The quantitative estimate of drug-likeness (QED) is 0.597. The van der Waals surface area contributed by atoms with Crippen molar-refractivity contribution in [2.45, 2.75) is 18.7 Å². The fraction of sp³-hybridized carbons (Fsp3) is 0.235. The molecule has 0 spiro atoms. The summed E-state index contributed by atoms with van der Waals surface area (Å²) in [7, 11) is -3.06. The number of carbonyl (C=O) groups is 1. The van der Waals surface area contributed by atoms with Crippen LogP contribution in [0.15, 0.2) is 41.3 Å². The van der Waals surface area contributed by atoms with Crippen LogP contribution in [-0.4, -0.2) is 37.1 Å². The number of sulfonamides is 1. The second-order valence-corrected chi connectivity index (χ2v) is 7.99. The number of benzene rings is 2. The molecule has 1 N–H and O–H groups in total. The van der Waals surface area contributed by atoms with Gasteiger partial charge in [0.05, 0.1) is 16.4 Å². The van der Waals surface area contributed by atoms with E-state index in [9.17, 15) is 27.7 Å². The molecule has 1 amide bonds. The summed E-state index contributed by atoms with van der Waals surface area (Å²) in [6.07, 6.45) is 0. The number of para-hydroxylation sites is 1. The standard InChI is InChI=1S/C17H18FN3O5S/c1-11-5-4-6-12(2)17(11)19-16(22)10-20(3)27(25,26)13-7-8-14(18)15(9-13)21(23)24/h4-9H,10H2,1-3H3,(H,19,22). The molecule has 2 rings (SSSR count). The molecular formula is C17H18FN3O5S. The molecule has 0 saturated carbocycles. The van der Waals surface area contributed by atoms with Crippen molar-refractivity contribution in [1.82, 2.24) is 4.31 Å². The zero-order valence-corrected chi connectivity index (χ0v) is 15.7. The number of anilines is 1. The lowest BCUT2D eigenvalue weighted by Gasteiger charge is -2.18. The molecule has 0 atom stereocenters. The Kier molecular flexibility index (Phi) is 5.91. The Bertz CT molecular complexity index is 987. The van der Waals surface area contributed by atoms with Crippen LogP contribution in [0.4, 0.5) is 15.8 Å².